The number of halogens is 1. The Bertz CT molecular complexity index is 1350. The van der Waals surface area contributed by atoms with Crippen molar-refractivity contribution in [3.05, 3.63) is 89.4 Å². The molecule has 168 valence electrons. The Morgan fingerprint density at radius 2 is 1.55 bits per heavy atom. The van der Waals surface area contributed by atoms with E-state index >= 15 is 0 Å². The van der Waals surface area contributed by atoms with Gasteiger partial charge in [0.15, 0.2) is 0 Å². The zero-order valence-corrected chi connectivity index (χ0v) is 19.3. The van der Waals surface area contributed by atoms with Gasteiger partial charge in [-0.1, -0.05) is 72.3 Å². The molecular formula is C25H22ClN3O3S. The molecule has 1 amide bonds. The van der Waals surface area contributed by atoms with Gasteiger partial charge in [-0.25, -0.2) is 8.42 Å². The molecule has 2 aliphatic rings. The van der Waals surface area contributed by atoms with Crippen molar-refractivity contribution < 1.29 is 13.2 Å². The maximum Gasteiger partial charge on any atom is 0.253 e. The van der Waals surface area contributed by atoms with E-state index in [-0.39, 0.29) is 23.9 Å². The molecule has 0 saturated carbocycles. The van der Waals surface area contributed by atoms with Crippen LogP contribution in [0.4, 0.5) is 0 Å². The zero-order valence-electron chi connectivity index (χ0n) is 17.7. The van der Waals surface area contributed by atoms with Crippen LogP contribution in [0, 0.1) is 0 Å². The van der Waals surface area contributed by atoms with E-state index in [0.717, 1.165) is 16.7 Å². The van der Waals surface area contributed by atoms with Crippen molar-refractivity contribution in [3.63, 3.8) is 0 Å². The summed E-state index contributed by atoms with van der Waals surface area (Å²) in [5.74, 6) is 0.353. The highest BCUT2D eigenvalue weighted by Crippen LogP contribution is 2.35. The third-order valence-corrected chi connectivity index (χ3v) is 8.36. The maximum atomic E-state index is 13.0. The van der Waals surface area contributed by atoms with Gasteiger partial charge in [0.05, 0.1) is 4.90 Å². The minimum Gasteiger partial charge on any atom is -0.308 e. The fraction of sp³-hybridized carbons (Fsp3) is 0.200. The van der Waals surface area contributed by atoms with E-state index in [4.69, 9.17) is 16.6 Å². The number of rotatable bonds is 4. The molecule has 2 heterocycles. The molecule has 0 bridgehead atoms. The third kappa shape index (κ3) is 3.97. The van der Waals surface area contributed by atoms with E-state index in [1.54, 1.807) is 12.1 Å². The molecule has 0 radical (unpaired) electrons. The smallest absolute Gasteiger partial charge is 0.253 e. The fourth-order valence-electron chi connectivity index (χ4n) is 4.42. The molecule has 0 atom stereocenters. The Balaban J connectivity index is 1.41. The van der Waals surface area contributed by atoms with Gasteiger partial charge >= 0.3 is 0 Å². The van der Waals surface area contributed by atoms with E-state index < -0.39 is 15.6 Å². The van der Waals surface area contributed by atoms with Crippen molar-refractivity contribution >= 4 is 33.4 Å². The summed E-state index contributed by atoms with van der Waals surface area (Å²) in [6.45, 7) is 0.415. The maximum absolute atomic E-state index is 13.0. The van der Waals surface area contributed by atoms with E-state index in [0.29, 0.717) is 23.7 Å². The van der Waals surface area contributed by atoms with Gasteiger partial charge in [0.25, 0.3) is 5.91 Å². The second-order valence-corrected chi connectivity index (χ2v) is 10.6. The minimum absolute atomic E-state index is 0.155. The van der Waals surface area contributed by atoms with Crippen LogP contribution < -0.4 is 5.32 Å². The van der Waals surface area contributed by atoms with Crippen LogP contribution in [-0.2, 0) is 14.8 Å². The predicted molar refractivity (Wildman–Crippen MR) is 129 cm³/mol. The number of aliphatic imine (C=N–C) groups is 1. The van der Waals surface area contributed by atoms with Gasteiger partial charge in [-0.3, -0.25) is 9.79 Å². The van der Waals surface area contributed by atoms with Crippen LogP contribution in [0.1, 0.15) is 18.4 Å². The van der Waals surface area contributed by atoms with Crippen molar-refractivity contribution in [1.82, 2.24) is 9.62 Å². The van der Waals surface area contributed by atoms with Crippen molar-refractivity contribution in [1.29, 1.82) is 0 Å². The molecule has 0 unspecified atom stereocenters. The number of nitrogens with zero attached hydrogens (tertiary/aromatic N) is 2. The Morgan fingerprint density at radius 1 is 0.879 bits per heavy atom. The van der Waals surface area contributed by atoms with Gasteiger partial charge in [0.2, 0.25) is 10.0 Å². The van der Waals surface area contributed by atoms with Crippen LogP contribution in [0.25, 0.3) is 11.1 Å². The third-order valence-electron chi connectivity index (χ3n) is 6.23. The molecule has 1 spiro atoms. The van der Waals surface area contributed by atoms with Crippen LogP contribution in [0.5, 0.6) is 0 Å². The Morgan fingerprint density at radius 3 is 2.24 bits per heavy atom. The first-order chi connectivity index (χ1) is 15.9. The number of carbonyl (C=O) groups excluding carboxylic acids is 1. The highest BCUT2D eigenvalue weighted by Gasteiger charge is 2.48. The first kappa shape index (κ1) is 21.8. The Hall–Kier alpha value is -3.00. The highest BCUT2D eigenvalue weighted by atomic mass is 35.5. The summed E-state index contributed by atoms with van der Waals surface area (Å²) >= 11 is 5.99. The van der Waals surface area contributed by atoms with Crippen molar-refractivity contribution in [3.8, 4) is 11.1 Å². The van der Waals surface area contributed by atoms with Crippen molar-refractivity contribution in [2.75, 3.05) is 13.1 Å². The molecule has 0 aromatic heterocycles. The lowest BCUT2D eigenvalue weighted by Crippen LogP contribution is -2.50. The molecule has 3 aromatic carbocycles. The molecule has 8 heteroatoms. The fourth-order valence-corrected chi connectivity index (χ4v) is 6.16. The quantitative estimate of drug-likeness (QED) is 0.611. The number of nitrogens with one attached hydrogen (secondary N) is 1. The molecular weight excluding hydrogens is 458 g/mol. The van der Waals surface area contributed by atoms with Gasteiger partial charge in [-0.2, -0.15) is 4.31 Å². The number of hydrogen-bond donors (Lipinski definition) is 1. The summed E-state index contributed by atoms with van der Waals surface area (Å²) in [5.41, 5.74) is 1.91. The summed E-state index contributed by atoms with van der Waals surface area (Å²) < 4.78 is 27.5. The van der Waals surface area contributed by atoms with E-state index in [1.807, 2.05) is 54.6 Å². The summed E-state index contributed by atoms with van der Waals surface area (Å²) in [5, 5.41) is 3.33. The van der Waals surface area contributed by atoms with Crippen LogP contribution in [0.3, 0.4) is 0 Å². The topological polar surface area (TPSA) is 78.8 Å². The van der Waals surface area contributed by atoms with Gasteiger partial charge in [-0.15, -0.1) is 0 Å². The van der Waals surface area contributed by atoms with Crippen LogP contribution in [0.2, 0.25) is 5.02 Å². The van der Waals surface area contributed by atoms with Gasteiger partial charge in [0.1, 0.15) is 11.4 Å². The van der Waals surface area contributed by atoms with Crippen LogP contribution >= 0.6 is 11.6 Å². The normalized spacial score (nSPS) is 18.2. The number of carbonyl (C=O) groups is 1. The largest absolute Gasteiger partial charge is 0.308 e. The molecule has 6 nitrogen and oxygen atoms in total. The summed E-state index contributed by atoms with van der Waals surface area (Å²) in [4.78, 5) is 18.0. The average molecular weight is 480 g/mol. The molecule has 33 heavy (non-hydrogen) atoms. The van der Waals surface area contributed by atoms with Crippen LogP contribution in [0.15, 0.2) is 88.8 Å². The van der Waals surface area contributed by atoms with E-state index in [9.17, 15) is 13.2 Å². The van der Waals surface area contributed by atoms with E-state index in [2.05, 4.69) is 5.32 Å². The molecule has 5 rings (SSSR count). The number of amidine groups is 1. The molecule has 3 aromatic rings. The molecule has 0 aliphatic carbocycles. The number of piperidine rings is 1. The predicted octanol–water partition coefficient (Wildman–Crippen LogP) is 4.11. The monoisotopic (exact) mass is 479 g/mol. The van der Waals surface area contributed by atoms with Crippen LogP contribution in [-0.4, -0.2) is 43.1 Å². The standard InChI is InChI=1S/C25H22ClN3O3S/c26-19-9-6-10-20(17-19)33(31,32)29-15-13-25(14-16-29)24(30)27-23(28-25)22-12-5-4-11-21(22)18-7-2-1-3-8-18/h1-12,17H,13-16H2,(H,27,28,30). The number of amides is 1. The second kappa shape index (κ2) is 8.41. The van der Waals surface area contributed by atoms with Crippen molar-refractivity contribution in [2.45, 2.75) is 23.3 Å². The minimum atomic E-state index is -3.69. The average Bonchev–Trinajstić information content (AvgIpc) is 3.15. The zero-order chi connectivity index (χ0) is 23.1. The summed E-state index contributed by atoms with van der Waals surface area (Å²) in [7, 11) is -3.69. The second-order valence-electron chi connectivity index (χ2n) is 8.22. The SMILES string of the molecule is O=C1NC(c2ccccc2-c2ccccc2)=NC12CCN(S(=O)(=O)c1cccc(Cl)c1)CC2. The highest BCUT2D eigenvalue weighted by molar-refractivity contribution is 7.89. The van der Waals surface area contributed by atoms with Gasteiger partial charge in [0, 0.05) is 23.7 Å². The molecule has 2 aliphatic heterocycles. The van der Waals surface area contributed by atoms with Crippen molar-refractivity contribution in [2.24, 2.45) is 4.99 Å². The first-order valence-electron chi connectivity index (χ1n) is 10.7. The Kier molecular flexibility index (Phi) is 5.56. The molecule has 1 N–H and O–H groups in total. The molecule has 1 fully saturated rings. The Labute approximate surface area is 198 Å². The van der Waals surface area contributed by atoms with Gasteiger partial charge < -0.3 is 5.32 Å². The lowest BCUT2D eigenvalue weighted by atomic mass is 9.89. The molecule has 1 saturated heterocycles. The summed E-state index contributed by atoms with van der Waals surface area (Å²) in [6, 6.07) is 24.0. The number of benzene rings is 3. The van der Waals surface area contributed by atoms with Gasteiger partial charge in [-0.05, 0) is 42.2 Å². The lowest BCUT2D eigenvalue weighted by molar-refractivity contribution is -0.124. The summed E-state index contributed by atoms with van der Waals surface area (Å²) in [6.07, 6.45) is 0.630. The lowest BCUT2D eigenvalue weighted by Gasteiger charge is -2.34. The number of sulfonamides is 1. The number of hydrogen-bond acceptors (Lipinski definition) is 4. The first-order valence-corrected chi connectivity index (χ1v) is 12.5. The van der Waals surface area contributed by atoms with E-state index in [1.165, 1.54) is 16.4 Å².